The number of nitrogens with one attached hydrogen (secondary N) is 2. The monoisotopic (exact) mass is 289 g/mol. The number of carbonyl (C=O) groups excluding carboxylic acids is 1. The van der Waals surface area contributed by atoms with Crippen molar-refractivity contribution in [1.82, 2.24) is 10.3 Å². The molecule has 1 heterocycles. The zero-order valence-corrected chi connectivity index (χ0v) is 12.4. The van der Waals surface area contributed by atoms with Gasteiger partial charge in [0.15, 0.2) is 0 Å². The molecule has 0 aliphatic rings. The van der Waals surface area contributed by atoms with Gasteiger partial charge in [-0.1, -0.05) is 13.3 Å². The molecule has 0 saturated heterocycles. The summed E-state index contributed by atoms with van der Waals surface area (Å²) in [6.45, 7) is 4.23. The summed E-state index contributed by atoms with van der Waals surface area (Å²) in [5, 5.41) is 3.83. The maximum absolute atomic E-state index is 12.0. The summed E-state index contributed by atoms with van der Waals surface area (Å²) < 4.78 is 5.45. The average molecular weight is 289 g/mol. The molecule has 0 radical (unpaired) electrons. The quantitative estimate of drug-likeness (QED) is 0.516. The maximum atomic E-state index is 12.0. The molecule has 0 unspecified atom stereocenters. The highest BCUT2D eigenvalue weighted by atomic mass is 16.5. The summed E-state index contributed by atoms with van der Waals surface area (Å²) >= 11 is 0. The molecule has 0 fully saturated rings. The van der Waals surface area contributed by atoms with E-state index in [2.05, 4.69) is 17.2 Å². The van der Waals surface area contributed by atoms with E-state index in [1.54, 1.807) is 0 Å². The van der Waals surface area contributed by atoms with E-state index in [1.807, 2.05) is 24.3 Å². The Kier molecular flexibility index (Phi) is 5.63. The van der Waals surface area contributed by atoms with Gasteiger partial charge in [-0.2, -0.15) is 0 Å². The van der Waals surface area contributed by atoms with Crippen LogP contribution >= 0.6 is 0 Å². The van der Waals surface area contributed by atoms with Crippen molar-refractivity contribution in [1.29, 1.82) is 0 Å². The van der Waals surface area contributed by atoms with Crippen LogP contribution in [-0.2, 0) is 4.74 Å². The first-order valence-corrected chi connectivity index (χ1v) is 7.45. The average Bonchev–Trinajstić information content (AvgIpc) is 2.89. The van der Waals surface area contributed by atoms with Crippen LogP contribution in [0.1, 0.15) is 36.7 Å². The van der Waals surface area contributed by atoms with Gasteiger partial charge in [-0.25, -0.2) is 0 Å². The Balaban J connectivity index is 1.77. The number of fused-ring (bicyclic) bond motifs is 1. The van der Waals surface area contributed by atoms with Crippen molar-refractivity contribution in [3.05, 3.63) is 30.0 Å². The first-order valence-electron chi connectivity index (χ1n) is 7.45. The van der Waals surface area contributed by atoms with E-state index in [4.69, 9.17) is 10.5 Å². The Morgan fingerprint density at radius 2 is 2.10 bits per heavy atom. The van der Waals surface area contributed by atoms with Crippen LogP contribution in [0.5, 0.6) is 0 Å². The lowest BCUT2D eigenvalue weighted by molar-refractivity contribution is 0.0936. The van der Waals surface area contributed by atoms with Gasteiger partial charge in [0, 0.05) is 36.3 Å². The lowest BCUT2D eigenvalue weighted by Crippen LogP contribution is -2.25. The number of carbonyl (C=O) groups is 1. The number of nitrogens with two attached hydrogens (primary N) is 1. The van der Waals surface area contributed by atoms with Gasteiger partial charge in [0.1, 0.15) is 5.69 Å². The summed E-state index contributed by atoms with van der Waals surface area (Å²) in [4.78, 5) is 15.1. The third-order valence-corrected chi connectivity index (χ3v) is 3.28. The van der Waals surface area contributed by atoms with Gasteiger partial charge in [-0.15, -0.1) is 0 Å². The molecule has 0 aliphatic carbocycles. The second kappa shape index (κ2) is 7.69. The van der Waals surface area contributed by atoms with Crippen molar-refractivity contribution in [2.45, 2.75) is 26.2 Å². The van der Waals surface area contributed by atoms with Crippen molar-refractivity contribution in [2.24, 2.45) is 0 Å². The van der Waals surface area contributed by atoms with Gasteiger partial charge < -0.3 is 20.8 Å². The fourth-order valence-corrected chi connectivity index (χ4v) is 2.09. The Bertz CT molecular complexity index is 592. The number of rotatable bonds is 8. The highest BCUT2D eigenvalue weighted by Gasteiger charge is 2.08. The molecule has 4 N–H and O–H groups in total. The third-order valence-electron chi connectivity index (χ3n) is 3.28. The molecule has 0 atom stereocenters. The van der Waals surface area contributed by atoms with Gasteiger partial charge >= 0.3 is 0 Å². The van der Waals surface area contributed by atoms with Gasteiger partial charge in [-0.3, -0.25) is 4.79 Å². The summed E-state index contributed by atoms with van der Waals surface area (Å²) in [5.41, 5.74) is 7.89. The fourth-order valence-electron chi connectivity index (χ4n) is 2.09. The van der Waals surface area contributed by atoms with Gasteiger partial charge in [0.25, 0.3) is 5.91 Å². The normalized spacial score (nSPS) is 10.9. The number of nitrogen functional groups attached to an aromatic ring is 1. The zero-order chi connectivity index (χ0) is 15.1. The number of hydrogen-bond donors (Lipinski definition) is 3. The van der Waals surface area contributed by atoms with E-state index in [-0.39, 0.29) is 5.91 Å². The summed E-state index contributed by atoms with van der Waals surface area (Å²) in [6.07, 6.45) is 3.05. The van der Waals surface area contributed by atoms with Crippen molar-refractivity contribution in [3.63, 3.8) is 0 Å². The van der Waals surface area contributed by atoms with Crippen molar-refractivity contribution in [3.8, 4) is 0 Å². The molecular weight excluding hydrogens is 266 g/mol. The van der Waals surface area contributed by atoms with Crippen molar-refractivity contribution in [2.75, 3.05) is 25.5 Å². The molecule has 114 valence electrons. The molecular formula is C16H23N3O2. The minimum Gasteiger partial charge on any atom is -0.399 e. The van der Waals surface area contributed by atoms with Crippen LogP contribution in [0.15, 0.2) is 24.3 Å². The smallest absolute Gasteiger partial charge is 0.267 e. The molecule has 1 aromatic heterocycles. The van der Waals surface area contributed by atoms with Gasteiger partial charge in [-0.05, 0) is 37.1 Å². The highest BCUT2D eigenvalue weighted by molar-refractivity contribution is 5.98. The number of hydrogen-bond acceptors (Lipinski definition) is 3. The number of ether oxygens (including phenoxy) is 1. The van der Waals surface area contributed by atoms with E-state index < -0.39 is 0 Å². The predicted molar refractivity (Wildman–Crippen MR) is 85.4 cm³/mol. The topological polar surface area (TPSA) is 80.1 Å². The second-order valence-corrected chi connectivity index (χ2v) is 5.11. The van der Waals surface area contributed by atoms with E-state index in [0.717, 1.165) is 36.8 Å². The minimum absolute atomic E-state index is 0.0988. The second-order valence-electron chi connectivity index (χ2n) is 5.11. The Labute approximate surface area is 124 Å². The van der Waals surface area contributed by atoms with E-state index in [1.165, 1.54) is 0 Å². The number of anilines is 1. The Morgan fingerprint density at radius 1 is 1.29 bits per heavy atom. The van der Waals surface area contributed by atoms with Crippen molar-refractivity contribution >= 4 is 22.5 Å². The van der Waals surface area contributed by atoms with Gasteiger partial charge in [0.2, 0.25) is 0 Å². The number of amides is 1. The minimum atomic E-state index is -0.0988. The lowest BCUT2D eigenvalue weighted by Gasteiger charge is -2.04. The lowest BCUT2D eigenvalue weighted by atomic mass is 10.2. The molecule has 0 bridgehead atoms. The number of benzene rings is 1. The molecule has 1 aromatic carbocycles. The predicted octanol–water partition coefficient (Wildman–Crippen LogP) is 2.69. The molecule has 0 spiro atoms. The van der Waals surface area contributed by atoms with Gasteiger partial charge in [0.05, 0.1) is 0 Å². The van der Waals surface area contributed by atoms with Crippen LogP contribution in [0, 0.1) is 0 Å². The number of aromatic amines is 1. The molecule has 0 saturated carbocycles. The molecule has 1 amide bonds. The molecule has 5 nitrogen and oxygen atoms in total. The first kappa shape index (κ1) is 15.4. The van der Waals surface area contributed by atoms with Crippen LogP contribution in [-0.4, -0.2) is 30.6 Å². The molecule has 2 rings (SSSR count). The molecule has 0 aliphatic heterocycles. The third kappa shape index (κ3) is 4.49. The van der Waals surface area contributed by atoms with Crippen LogP contribution in [0.3, 0.4) is 0 Å². The van der Waals surface area contributed by atoms with Crippen LogP contribution in [0.25, 0.3) is 10.9 Å². The zero-order valence-electron chi connectivity index (χ0n) is 12.4. The van der Waals surface area contributed by atoms with E-state index >= 15 is 0 Å². The van der Waals surface area contributed by atoms with E-state index in [0.29, 0.717) is 24.5 Å². The SMILES string of the molecule is CCCCOCCCNC(=O)c1cc2cc(N)ccc2[nH]1. The maximum Gasteiger partial charge on any atom is 0.267 e. The Hall–Kier alpha value is -2.01. The molecule has 5 heteroatoms. The standard InChI is InChI=1S/C16H23N3O2/c1-2-3-8-21-9-4-7-18-16(20)15-11-12-10-13(17)5-6-14(12)19-15/h5-6,10-11,19H,2-4,7-9,17H2,1H3,(H,18,20). The van der Waals surface area contributed by atoms with Crippen molar-refractivity contribution < 1.29 is 9.53 Å². The summed E-state index contributed by atoms with van der Waals surface area (Å²) in [7, 11) is 0. The Morgan fingerprint density at radius 3 is 2.90 bits per heavy atom. The summed E-state index contributed by atoms with van der Waals surface area (Å²) in [6, 6.07) is 7.36. The number of aromatic nitrogens is 1. The van der Waals surface area contributed by atoms with Crippen LogP contribution in [0.2, 0.25) is 0 Å². The summed E-state index contributed by atoms with van der Waals surface area (Å²) in [5.74, 6) is -0.0988. The highest BCUT2D eigenvalue weighted by Crippen LogP contribution is 2.18. The van der Waals surface area contributed by atoms with E-state index in [9.17, 15) is 4.79 Å². The largest absolute Gasteiger partial charge is 0.399 e. The van der Waals surface area contributed by atoms with Crippen LogP contribution in [0.4, 0.5) is 5.69 Å². The number of H-pyrrole nitrogens is 1. The van der Waals surface area contributed by atoms with Crippen LogP contribution < -0.4 is 11.1 Å². The molecule has 21 heavy (non-hydrogen) atoms. The first-order chi connectivity index (χ1) is 10.2. The molecule has 2 aromatic rings. The number of unbranched alkanes of at least 4 members (excludes halogenated alkanes) is 1. The fraction of sp³-hybridized carbons (Fsp3) is 0.438.